The Bertz CT molecular complexity index is 136. The molecular formula is C9H18O4. The molecule has 0 aliphatic carbocycles. The van der Waals surface area contributed by atoms with Crippen molar-refractivity contribution in [2.75, 3.05) is 6.61 Å². The van der Waals surface area contributed by atoms with Crippen LogP contribution in [0.4, 0.5) is 0 Å². The van der Waals surface area contributed by atoms with Crippen LogP contribution >= 0.6 is 0 Å². The maximum absolute atomic E-state index is 10.1. The number of aliphatic hydroxyl groups excluding tert-OH is 2. The molecule has 0 saturated carbocycles. The fourth-order valence-electron chi connectivity index (χ4n) is 1.10. The van der Waals surface area contributed by atoms with E-state index in [1.54, 1.807) is 0 Å². The summed E-state index contributed by atoms with van der Waals surface area (Å²) < 4.78 is 0. The first-order valence-corrected chi connectivity index (χ1v) is 4.67. The van der Waals surface area contributed by atoms with Crippen LogP contribution < -0.4 is 0 Å². The third kappa shape index (κ3) is 9.30. The highest BCUT2D eigenvalue weighted by atomic mass is 16.4. The minimum absolute atomic E-state index is 0.0289. The second-order valence-electron chi connectivity index (χ2n) is 3.16. The lowest BCUT2D eigenvalue weighted by Crippen LogP contribution is -2.09. The summed E-state index contributed by atoms with van der Waals surface area (Å²) in [6.45, 7) is 0.186. The number of carboxylic acid groups (broad SMARTS) is 1. The fourth-order valence-corrected chi connectivity index (χ4v) is 1.10. The highest BCUT2D eigenvalue weighted by Crippen LogP contribution is 2.07. The van der Waals surface area contributed by atoms with Crippen LogP contribution in [0.5, 0.6) is 0 Å². The highest BCUT2D eigenvalue weighted by molar-refractivity contribution is 5.66. The Morgan fingerprint density at radius 1 is 1.15 bits per heavy atom. The van der Waals surface area contributed by atoms with Gasteiger partial charge in [-0.2, -0.15) is 0 Å². The third-order valence-electron chi connectivity index (χ3n) is 1.89. The average molecular weight is 190 g/mol. The standard InChI is InChI=1S/C9H18O4/c10-7-3-1-2-4-8(11)5-6-9(12)13/h8,10-11H,1-7H2,(H,12,13). The van der Waals surface area contributed by atoms with Crippen LogP contribution in [0.2, 0.25) is 0 Å². The summed E-state index contributed by atoms with van der Waals surface area (Å²) in [5.74, 6) is -0.866. The molecule has 0 aliphatic rings. The average Bonchev–Trinajstić information content (AvgIpc) is 2.09. The summed E-state index contributed by atoms with van der Waals surface area (Å²) >= 11 is 0. The van der Waals surface area contributed by atoms with Gasteiger partial charge in [0, 0.05) is 13.0 Å². The number of rotatable bonds is 8. The molecule has 0 amide bonds. The van der Waals surface area contributed by atoms with E-state index in [1.807, 2.05) is 0 Å². The Balaban J connectivity index is 3.19. The molecule has 0 spiro atoms. The smallest absolute Gasteiger partial charge is 0.303 e. The fraction of sp³-hybridized carbons (Fsp3) is 0.889. The molecule has 0 radical (unpaired) electrons. The molecule has 0 heterocycles. The Morgan fingerprint density at radius 3 is 2.38 bits per heavy atom. The summed E-state index contributed by atoms with van der Waals surface area (Å²) in [4.78, 5) is 10.1. The summed E-state index contributed by atoms with van der Waals surface area (Å²) in [5, 5.41) is 26.1. The first-order valence-electron chi connectivity index (χ1n) is 4.67. The zero-order valence-corrected chi connectivity index (χ0v) is 7.78. The van der Waals surface area contributed by atoms with E-state index < -0.39 is 12.1 Å². The lowest BCUT2D eigenvalue weighted by atomic mass is 10.1. The molecule has 13 heavy (non-hydrogen) atoms. The van der Waals surface area contributed by atoms with Crippen LogP contribution in [-0.4, -0.2) is 34.0 Å². The van der Waals surface area contributed by atoms with Gasteiger partial charge in [-0.15, -0.1) is 0 Å². The van der Waals surface area contributed by atoms with Gasteiger partial charge in [-0.1, -0.05) is 12.8 Å². The first-order chi connectivity index (χ1) is 6.16. The van der Waals surface area contributed by atoms with Gasteiger partial charge in [0.15, 0.2) is 0 Å². The molecular weight excluding hydrogens is 172 g/mol. The second-order valence-corrected chi connectivity index (χ2v) is 3.16. The van der Waals surface area contributed by atoms with Crippen molar-refractivity contribution in [3.05, 3.63) is 0 Å². The van der Waals surface area contributed by atoms with Crippen molar-refractivity contribution in [1.82, 2.24) is 0 Å². The molecule has 0 aromatic heterocycles. The Hall–Kier alpha value is -0.610. The SMILES string of the molecule is O=C(O)CCC(O)CCCCCO. The number of hydrogen-bond acceptors (Lipinski definition) is 3. The predicted octanol–water partition coefficient (Wildman–Crippen LogP) is 0.765. The lowest BCUT2D eigenvalue weighted by Gasteiger charge is -2.07. The molecule has 4 nitrogen and oxygen atoms in total. The van der Waals surface area contributed by atoms with E-state index in [2.05, 4.69) is 0 Å². The molecule has 0 aromatic rings. The van der Waals surface area contributed by atoms with E-state index in [4.69, 9.17) is 10.2 Å². The van der Waals surface area contributed by atoms with Crippen LogP contribution in [0.15, 0.2) is 0 Å². The van der Waals surface area contributed by atoms with E-state index >= 15 is 0 Å². The molecule has 3 N–H and O–H groups in total. The maximum Gasteiger partial charge on any atom is 0.303 e. The third-order valence-corrected chi connectivity index (χ3v) is 1.89. The van der Waals surface area contributed by atoms with Gasteiger partial charge in [-0.05, 0) is 19.3 Å². The molecule has 0 rings (SSSR count). The van der Waals surface area contributed by atoms with Crippen molar-refractivity contribution in [2.45, 2.75) is 44.6 Å². The molecule has 0 saturated heterocycles. The van der Waals surface area contributed by atoms with Crippen LogP contribution in [0.3, 0.4) is 0 Å². The van der Waals surface area contributed by atoms with Gasteiger partial charge in [-0.3, -0.25) is 4.79 Å². The van der Waals surface area contributed by atoms with Crippen LogP contribution in [0.25, 0.3) is 0 Å². The maximum atomic E-state index is 10.1. The molecule has 78 valence electrons. The zero-order chi connectivity index (χ0) is 10.1. The number of unbranched alkanes of at least 4 members (excludes halogenated alkanes) is 2. The second kappa shape index (κ2) is 8.01. The number of aliphatic carboxylic acids is 1. The van der Waals surface area contributed by atoms with Gasteiger partial charge >= 0.3 is 5.97 Å². The van der Waals surface area contributed by atoms with Crippen molar-refractivity contribution in [1.29, 1.82) is 0 Å². The summed E-state index contributed by atoms with van der Waals surface area (Å²) in [6.07, 6.45) is 2.98. The lowest BCUT2D eigenvalue weighted by molar-refractivity contribution is -0.137. The van der Waals surface area contributed by atoms with Crippen LogP contribution in [0.1, 0.15) is 38.5 Å². The van der Waals surface area contributed by atoms with Crippen LogP contribution in [-0.2, 0) is 4.79 Å². The summed E-state index contributed by atoms with van der Waals surface area (Å²) in [5.41, 5.74) is 0. The Labute approximate surface area is 78.2 Å². The van der Waals surface area contributed by atoms with Crippen molar-refractivity contribution in [3.8, 4) is 0 Å². The van der Waals surface area contributed by atoms with E-state index in [1.165, 1.54) is 0 Å². The number of carboxylic acids is 1. The molecule has 0 aromatic carbocycles. The van der Waals surface area contributed by atoms with Gasteiger partial charge in [-0.25, -0.2) is 0 Å². The van der Waals surface area contributed by atoms with Gasteiger partial charge in [0.1, 0.15) is 0 Å². The predicted molar refractivity (Wildman–Crippen MR) is 48.4 cm³/mol. The zero-order valence-electron chi connectivity index (χ0n) is 7.78. The number of carbonyl (C=O) groups is 1. The van der Waals surface area contributed by atoms with E-state index in [9.17, 15) is 9.90 Å². The monoisotopic (exact) mass is 190 g/mol. The van der Waals surface area contributed by atoms with Gasteiger partial charge in [0.05, 0.1) is 6.10 Å². The quantitative estimate of drug-likeness (QED) is 0.494. The molecule has 0 bridgehead atoms. The Morgan fingerprint density at radius 2 is 1.85 bits per heavy atom. The molecule has 1 atom stereocenters. The minimum atomic E-state index is -0.866. The van der Waals surface area contributed by atoms with E-state index in [-0.39, 0.29) is 13.0 Å². The first kappa shape index (κ1) is 12.4. The largest absolute Gasteiger partial charge is 0.481 e. The van der Waals surface area contributed by atoms with Crippen LogP contribution in [0, 0.1) is 0 Å². The van der Waals surface area contributed by atoms with Crippen molar-refractivity contribution in [2.24, 2.45) is 0 Å². The highest BCUT2D eigenvalue weighted by Gasteiger charge is 2.06. The van der Waals surface area contributed by atoms with Crippen molar-refractivity contribution >= 4 is 5.97 Å². The summed E-state index contributed by atoms with van der Waals surface area (Å²) in [7, 11) is 0. The molecule has 4 heteroatoms. The molecule has 0 fully saturated rings. The van der Waals surface area contributed by atoms with E-state index in [0.29, 0.717) is 12.8 Å². The van der Waals surface area contributed by atoms with Crippen molar-refractivity contribution in [3.63, 3.8) is 0 Å². The normalized spacial score (nSPS) is 12.8. The van der Waals surface area contributed by atoms with Gasteiger partial charge < -0.3 is 15.3 Å². The summed E-state index contributed by atoms with van der Waals surface area (Å²) in [6, 6.07) is 0. The number of aliphatic hydroxyl groups is 2. The van der Waals surface area contributed by atoms with Gasteiger partial charge in [0.25, 0.3) is 0 Å². The number of hydrogen-bond donors (Lipinski definition) is 3. The molecule has 0 aliphatic heterocycles. The topological polar surface area (TPSA) is 77.8 Å². The molecule has 1 unspecified atom stereocenters. The van der Waals surface area contributed by atoms with Crippen molar-refractivity contribution < 1.29 is 20.1 Å². The minimum Gasteiger partial charge on any atom is -0.481 e. The van der Waals surface area contributed by atoms with E-state index in [0.717, 1.165) is 19.3 Å². The van der Waals surface area contributed by atoms with Gasteiger partial charge in [0.2, 0.25) is 0 Å². The Kier molecular flexibility index (Phi) is 7.63.